The average Bonchev–Trinajstić information content (AvgIpc) is 3.20. The summed E-state index contributed by atoms with van der Waals surface area (Å²) in [6.45, 7) is 0. The van der Waals surface area contributed by atoms with Crippen molar-refractivity contribution in [3.63, 3.8) is 0 Å². The first-order valence-electron chi connectivity index (χ1n) is 8.66. The summed E-state index contributed by atoms with van der Waals surface area (Å²) in [7, 11) is 1.31. The lowest BCUT2D eigenvalue weighted by Crippen LogP contribution is -2.14. The number of esters is 1. The molecule has 0 aliphatic rings. The SMILES string of the molecule is COC(=O)c1sccc1NC(=O)CCc1ccc(-c2cccc(C#N)c2)cc1. The van der Waals surface area contributed by atoms with E-state index >= 15 is 0 Å². The van der Waals surface area contributed by atoms with Crippen LogP contribution in [0, 0.1) is 11.3 Å². The van der Waals surface area contributed by atoms with E-state index in [0.29, 0.717) is 29.0 Å². The Kier molecular flexibility index (Phi) is 6.20. The van der Waals surface area contributed by atoms with Gasteiger partial charge in [-0.15, -0.1) is 11.3 Å². The summed E-state index contributed by atoms with van der Waals surface area (Å²) < 4.78 is 4.71. The molecule has 0 radical (unpaired) electrons. The molecule has 1 heterocycles. The number of nitrogens with zero attached hydrogens (tertiary/aromatic N) is 1. The lowest BCUT2D eigenvalue weighted by atomic mass is 10.0. The lowest BCUT2D eigenvalue weighted by Gasteiger charge is -2.07. The highest BCUT2D eigenvalue weighted by Crippen LogP contribution is 2.24. The number of methoxy groups -OCH3 is 1. The summed E-state index contributed by atoms with van der Waals surface area (Å²) in [5, 5.41) is 13.5. The van der Waals surface area contributed by atoms with E-state index in [2.05, 4.69) is 11.4 Å². The van der Waals surface area contributed by atoms with Crippen molar-refractivity contribution in [3.8, 4) is 17.2 Å². The van der Waals surface area contributed by atoms with Gasteiger partial charge in [-0.3, -0.25) is 4.79 Å². The van der Waals surface area contributed by atoms with Gasteiger partial charge >= 0.3 is 5.97 Å². The minimum atomic E-state index is -0.457. The first-order chi connectivity index (χ1) is 13.6. The number of nitriles is 1. The third-order valence-electron chi connectivity index (χ3n) is 4.23. The molecular weight excluding hydrogens is 372 g/mol. The number of nitrogens with one attached hydrogen (secondary N) is 1. The second-order valence-corrected chi connectivity index (χ2v) is 7.01. The number of carbonyl (C=O) groups excluding carboxylic acids is 2. The number of carbonyl (C=O) groups is 2. The number of thiophene rings is 1. The van der Waals surface area contributed by atoms with E-state index in [1.165, 1.54) is 18.4 Å². The van der Waals surface area contributed by atoms with Gasteiger partial charge in [-0.05, 0) is 46.7 Å². The number of hydrogen-bond acceptors (Lipinski definition) is 5. The van der Waals surface area contributed by atoms with Gasteiger partial charge in [-0.2, -0.15) is 5.26 Å². The van der Waals surface area contributed by atoms with Crippen molar-refractivity contribution in [1.82, 2.24) is 0 Å². The molecule has 2 aromatic carbocycles. The van der Waals surface area contributed by atoms with Crippen LogP contribution in [0.5, 0.6) is 0 Å². The summed E-state index contributed by atoms with van der Waals surface area (Å²) >= 11 is 1.23. The summed E-state index contributed by atoms with van der Waals surface area (Å²) in [6.07, 6.45) is 0.891. The Labute approximate surface area is 167 Å². The second kappa shape index (κ2) is 8.98. The topological polar surface area (TPSA) is 79.2 Å². The number of anilines is 1. The minimum Gasteiger partial charge on any atom is -0.465 e. The smallest absolute Gasteiger partial charge is 0.350 e. The van der Waals surface area contributed by atoms with Crippen LogP contribution < -0.4 is 5.32 Å². The molecule has 0 atom stereocenters. The van der Waals surface area contributed by atoms with Crippen LogP contribution in [-0.2, 0) is 16.0 Å². The normalized spacial score (nSPS) is 10.1. The molecule has 140 valence electrons. The average molecular weight is 390 g/mol. The fraction of sp³-hybridized carbons (Fsp3) is 0.136. The van der Waals surface area contributed by atoms with Gasteiger partial charge in [0, 0.05) is 6.42 Å². The van der Waals surface area contributed by atoms with Gasteiger partial charge in [0.05, 0.1) is 24.4 Å². The molecule has 1 amide bonds. The molecule has 0 saturated carbocycles. The van der Waals surface area contributed by atoms with Gasteiger partial charge < -0.3 is 10.1 Å². The highest BCUT2D eigenvalue weighted by molar-refractivity contribution is 7.12. The zero-order valence-corrected chi connectivity index (χ0v) is 16.1. The molecule has 6 heteroatoms. The fourth-order valence-electron chi connectivity index (χ4n) is 2.76. The van der Waals surface area contributed by atoms with Crippen molar-refractivity contribution in [1.29, 1.82) is 5.26 Å². The molecule has 0 unspecified atom stereocenters. The zero-order chi connectivity index (χ0) is 19.9. The Morgan fingerprint density at radius 3 is 2.61 bits per heavy atom. The van der Waals surface area contributed by atoms with Crippen molar-refractivity contribution in [2.24, 2.45) is 0 Å². The maximum Gasteiger partial charge on any atom is 0.350 e. The Morgan fingerprint density at radius 2 is 1.89 bits per heavy atom. The third kappa shape index (κ3) is 4.64. The molecule has 0 spiro atoms. The van der Waals surface area contributed by atoms with Crippen LogP contribution in [0.4, 0.5) is 5.69 Å². The molecule has 0 aliphatic carbocycles. The van der Waals surface area contributed by atoms with Crippen molar-refractivity contribution in [2.75, 3.05) is 12.4 Å². The van der Waals surface area contributed by atoms with Crippen molar-refractivity contribution in [2.45, 2.75) is 12.8 Å². The molecule has 1 N–H and O–H groups in total. The molecule has 3 aromatic rings. The number of hydrogen-bond donors (Lipinski definition) is 1. The van der Waals surface area contributed by atoms with E-state index in [4.69, 9.17) is 10.00 Å². The van der Waals surface area contributed by atoms with Crippen LogP contribution in [0.25, 0.3) is 11.1 Å². The predicted octanol–water partition coefficient (Wildman–Crippen LogP) is 4.64. The van der Waals surface area contributed by atoms with Crippen LogP contribution in [0.2, 0.25) is 0 Å². The van der Waals surface area contributed by atoms with Crippen molar-refractivity contribution in [3.05, 3.63) is 76.0 Å². The van der Waals surface area contributed by atoms with Gasteiger partial charge in [0.2, 0.25) is 5.91 Å². The van der Waals surface area contributed by atoms with Crippen LogP contribution >= 0.6 is 11.3 Å². The standard InChI is InChI=1S/C22H18N2O3S/c1-27-22(26)21-19(11-12-28-21)24-20(25)10-7-15-5-8-17(9-6-15)18-4-2-3-16(13-18)14-23/h2-6,8-9,11-13H,7,10H2,1H3,(H,24,25). The third-order valence-corrected chi connectivity index (χ3v) is 5.12. The molecule has 0 bridgehead atoms. The molecule has 5 nitrogen and oxygen atoms in total. The molecule has 1 aromatic heterocycles. The Bertz CT molecular complexity index is 1030. The summed E-state index contributed by atoms with van der Waals surface area (Å²) in [5.41, 5.74) is 4.14. The number of amides is 1. The summed E-state index contributed by atoms with van der Waals surface area (Å²) in [5.74, 6) is -0.615. The largest absolute Gasteiger partial charge is 0.465 e. The fourth-order valence-corrected chi connectivity index (χ4v) is 3.53. The molecule has 0 aliphatic heterocycles. The van der Waals surface area contributed by atoms with Gasteiger partial charge in [-0.1, -0.05) is 36.4 Å². The van der Waals surface area contributed by atoms with E-state index in [-0.39, 0.29) is 5.91 Å². The van der Waals surface area contributed by atoms with Crippen LogP contribution in [0.3, 0.4) is 0 Å². The molecule has 3 rings (SSSR count). The number of benzene rings is 2. The van der Waals surface area contributed by atoms with Gasteiger partial charge in [0.1, 0.15) is 4.88 Å². The van der Waals surface area contributed by atoms with E-state index in [1.54, 1.807) is 17.5 Å². The number of aryl methyl sites for hydroxylation is 1. The zero-order valence-electron chi connectivity index (χ0n) is 15.3. The highest BCUT2D eigenvalue weighted by atomic mass is 32.1. The Hall–Kier alpha value is -3.43. The number of ether oxygens (including phenoxy) is 1. The monoisotopic (exact) mass is 390 g/mol. The lowest BCUT2D eigenvalue weighted by molar-refractivity contribution is -0.116. The van der Waals surface area contributed by atoms with Gasteiger partial charge in [0.15, 0.2) is 0 Å². The van der Waals surface area contributed by atoms with Gasteiger partial charge in [0.25, 0.3) is 0 Å². The first-order valence-corrected chi connectivity index (χ1v) is 9.54. The maximum absolute atomic E-state index is 12.2. The molecule has 0 fully saturated rings. The van der Waals surface area contributed by atoms with Crippen molar-refractivity contribution >= 4 is 28.9 Å². The van der Waals surface area contributed by atoms with E-state index in [1.807, 2.05) is 42.5 Å². The minimum absolute atomic E-state index is 0.158. The first kappa shape index (κ1) is 19.3. The Balaban J connectivity index is 1.59. The van der Waals surface area contributed by atoms with E-state index < -0.39 is 5.97 Å². The van der Waals surface area contributed by atoms with E-state index in [9.17, 15) is 9.59 Å². The molecular formula is C22H18N2O3S. The Morgan fingerprint density at radius 1 is 1.11 bits per heavy atom. The van der Waals surface area contributed by atoms with Crippen LogP contribution in [-0.4, -0.2) is 19.0 Å². The summed E-state index contributed by atoms with van der Waals surface area (Å²) in [4.78, 5) is 24.3. The maximum atomic E-state index is 12.2. The van der Waals surface area contributed by atoms with Crippen LogP contribution in [0.1, 0.15) is 27.2 Å². The highest BCUT2D eigenvalue weighted by Gasteiger charge is 2.15. The van der Waals surface area contributed by atoms with Crippen molar-refractivity contribution < 1.29 is 14.3 Å². The predicted molar refractivity (Wildman–Crippen MR) is 109 cm³/mol. The second-order valence-electron chi connectivity index (χ2n) is 6.09. The molecule has 0 saturated heterocycles. The van der Waals surface area contributed by atoms with E-state index in [0.717, 1.165) is 16.7 Å². The summed E-state index contributed by atoms with van der Waals surface area (Å²) in [6, 6.07) is 19.2. The number of rotatable bonds is 6. The van der Waals surface area contributed by atoms with Crippen LogP contribution in [0.15, 0.2) is 60.0 Å². The molecule has 28 heavy (non-hydrogen) atoms. The quantitative estimate of drug-likeness (QED) is 0.622. The van der Waals surface area contributed by atoms with Gasteiger partial charge in [-0.25, -0.2) is 4.79 Å².